The Morgan fingerprint density at radius 2 is 1.66 bits per heavy atom. The Hall–Kier alpha value is -1.65. The molecule has 29 heavy (non-hydrogen) atoms. The number of carbonyl (C=O) groups excluding carboxylic acids is 1. The predicted molar refractivity (Wildman–Crippen MR) is 109 cm³/mol. The summed E-state index contributed by atoms with van der Waals surface area (Å²) in [5, 5.41) is -1.02. The molecule has 0 N–H and O–H groups in total. The zero-order valence-corrected chi connectivity index (χ0v) is 18.6. The van der Waals surface area contributed by atoms with Crippen LogP contribution in [-0.2, 0) is 24.5 Å². The van der Waals surface area contributed by atoms with Crippen molar-refractivity contribution in [1.82, 2.24) is 9.80 Å². The molecular weight excluding hydrogens is 416 g/mol. The lowest BCUT2D eigenvalue weighted by Gasteiger charge is -2.39. The minimum atomic E-state index is -3.84. The predicted octanol–water partition coefficient (Wildman–Crippen LogP) is 0.577. The second-order valence-electron chi connectivity index (χ2n) is 7.91. The number of carbonyl (C=O) groups is 1. The van der Waals surface area contributed by atoms with Gasteiger partial charge in [0.15, 0.2) is 19.7 Å². The molecule has 8 nitrogen and oxygen atoms in total. The van der Waals surface area contributed by atoms with Gasteiger partial charge < -0.3 is 9.64 Å². The molecule has 2 fully saturated rings. The van der Waals surface area contributed by atoms with Crippen molar-refractivity contribution in [2.24, 2.45) is 0 Å². The molecule has 1 aromatic rings. The van der Waals surface area contributed by atoms with Crippen LogP contribution in [0.25, 0.3) is 0 Å². The number of piperazine rings is 1. The van der Waals surface area contributed by atoms with Crippen LogP contribution in [0.2, 0.25) is 0 Å². The lowest BCUT2D eigenvalue weighted by atomic mass is 10.2. The van der Waals surface area contributed by atoms with Crippen LogP contribution in [0.4, 0.5) is 0 Å². The van der Waals surface area contributed by atoms with Crippen molar-refractivity contribution in [3.63, 3.8) is 0 Å². The van der Waals surface area contributed by atoms with Crippen LogP contribution in [0, 0.1) is 0 Å². The van der Waals surface area contributed by atoms with Crippen LogP contribution in [0.3, 0.4) is 0 Å². The number of hydrogen-bond acceptors (Lipinski definition) is 7. The Kier molecular flexibility index (Phi) is 6.26. The third-order valence-corrected chi connectivity index (χ3v) is 9.56. The highest BCUT2D eigenvalue weighted by Crippen LogP contribution is 2.30. The molecular formula is C19H28N2O6S2. The molecule has 162 valence electrons. The summed E-state index contributed by atoms with van der Waals surface area (Å²) in [6, 6.07) is 5.53. The quantitative estimate of drug-likeness (QED) is 0.655. The third kappa shape index (κ3) is 4.92. The Morgan fingerprint density at radius 1 is 1.07 bits per heavy atom. The fourth-order valence-electron chi connectivity index (χ4n) is 3.96. The Bertz CT molecular complexity index is 949. The van der Waals surface area contributed by atoms with Gasteiger partial charge in [-0.15, -0.1) is 0 Å². The molecule has 3 rings (SSSR count). The minimum absolute atomic E-state index is 0.0310. The lowest BCUT2D eigenvalue weighted by molar-refractivity contribution is -0.130. The molecule has 2 atom stereocenters. The standard InChI is InChI=1S/C19H28N2O6S2/c1-14(2)27-16-4-6-17(7-5-16)29(25,26)19-13-28(23,24)12-18(19)21-10-8-20(9-11-21)15(3)22/h4-7,14,18-19H,8-13H2,1-3H3/t18-,19-/m0/s1. The number of ether oxygens (including phenoxy) is 1. The summed E-state index contributed by atoms with van der Waals surface area (Å²) in [5.41, 5.74) is 0. The zero-order chi connectivity index (χ0) is 21.4. The number of hydrogen-bond donors (Lipinski definition) is 0. The van der Waals surface area contributed by atoms with Gasteiger partial charge in [0.05, 0.1) is 27.8 Å². The molecule has 0 radical (unpaired) electrons. The first kappa shape index (κ1) is 22.0. The fraction of sp³-hybridized carbons (Fsp3) is 0.632. The highest BCUT2D eigenvalue weighted by atomic mass is 32.2. The van der Waals surface area contributed by atoms with Gasteiger partial charge in [-0.05, 0) is 38.1 Å². The number of benzene rings is 1. The molecule has 0 spiro atoms. The molecule has 0 saturated carbocycles. The monoisotopic (exact) mass is 444 g/mol. The van der Waals surface area contributed by atoms with Gasteiger partial charge in [0.1, 0.15) is 5.75 Å². The molecule has 10 heteroatoms. The van der Waals surface area contributed by atoms with Crippen molar-refractivity contribution in [3.05, 3.63) is 24.3 Å². The molecule has 1 amide bonds. The van der Waals surface area contributed by atoms with E-state index in [2.05, 4.69) is 0 Å². The van der Waals surface area contributed by atoms with E-state index in [9.17, 15) is 21.6 Å². The summed E-state index contributed by atoms with van der Waals surface area (Å²) in [5.74, 6) is -0.0191. The molecule has 0 aromatic heterocycles. The second kappa shape index (κ2) is 8.23. The van der Waals surface area contributed by atoms with Crippen molar-refractivity contribution in [3.8, 4) is 5.75 Å². The molecule has 2 aliphatic rings. The van der Waals surface area contributed by atoms with E-state index in [1.807, 2.05) is 18.7 Å². The molecule has 2 saturated heterocycles. The summed E-state index contributed by atoms with van der Waals surface area (Å²) in [6.45, 7) is 7.13. The number of amides is 1. The van der Waals surface area contributed by atoms with E-state index in [1.54, 1.807) is 17.0 Å². The fourth-order valence-corrected chi connectivity index (χ4v) is 8.79. The highest BCUT2D eigenvalue weighted by molar-refractivity contribution is 7.96. The van der Waals surface area contributed by atoms with E-state index in [0.717, 1.165) is 0 Å². The van der Waals surface area contributed by atoms with Crippen molar-refractivity contribution < 1.29 is 26.4 Å². The minimum Gasteiger partial charge on any atom is -0.491 e. The Morgan fingerprint density at radius 3 is 2.17 bits per heavy atom. The first-order chi connectivity index (χ1) is 13.5. The van der Waals surface area contributed by atoms with Crippen molar-refractivity contribution >= 4 is 25.6 Å². The number of nitrogens with zero attached hydrogens (tertiary/aromatic N) is 2. The van der Waals surface area contributed by atoms with Crippen LogP contribution in [-0.4, -0.2) is 87.6 Å². The zero-order valence-electron chi connectivity index (χ0n) is 16.9. The number of rotatable bonds is 5. The number of sulfone groups is 2. The average Bonchev–Trinajstić information content (AvgIpc) is 2.98. The van der Waals surface area contributed by atoms with Crippen LogP contribution in [0.1, 0.15) is 20.8 Å². The molecule has 0 bridgehead atoms. The van der Waals surface area contributed by atoms with E-state index in [0.29, 0.717) is 31.9 Å². The van der Waals surface area contributed by atoms with Gasteiger partial charge in [-0.2, -0.15) is 0 Å². The normalized spacial score (nSPS) is 25.3. The smallest absolute Gasteiger partial charge is 0.219 e. The van der Waals surface area contributed by atoms with Gasteiger partial charge in [0, 0.05) is 39.1 Å². The maximum Gasteiger partial charge on any atom is 0.219 e. The SMILES string of the molecule is CC(=O)N1CCN([C@H]2CS(=O)(=O)C[C@@H]2S(=O)(=O)c2ccc(OC(C)C)cc2)CC1. The summed E-state index contributed by atoms with van der Waals surface area (Å²) >= 11 is 0. The Labute approximate surface area is 172 Å². The van der Waals surface area contributed by atoms with Crippen molar-refractivity contribution in [1.29, 1.82) is 0 Å². The van der Waals surface area contributed by atoms with Gasteiger partial charge in [0.25, 0.3) is 0 Å². The van der Waals surface area contributed by atoms with E-state index in [-0.39, 0.29) is 28.4 Å². The molecule has 1 aromatic carbocycles. The average molecular weight is 445 g/mol. The van der Waals surface area contributed by atoms with Gasteiger partial charge in [0.2, 0.25) is 5.91 Å². The molecule has 0 aliphatic carbocycles. The van der Waals surface area contributed by atoms with E-state index in [1.165, 1.54) is 19.1 Å². The van der Waals surface area contributed by atoms with Gasteiger partial charge >= 0.3 is 0 Å². The van der Waals surface area contributed by atoms with E-state index >= 15 is 0 Å². The molecule has 2 aliphatic heterocycles. The first-order valence-electron chi connectivity index (χ1n) is 9.70. The van der Waals surface area contributed by atoms with Gasteiger partial charge in [-0.25, -0.2) is 16.8 Å². The van der Waals surface area contributed by atoms with E-state index in [4.69, 9.17) is 4.74 Å². The summed E-state index contributed by atoms with van der Waals surface area (Å²) in [4.78, 5) is 15.2. The maximum atomic E-state index is 13.3. The van der Waals surface area contributed by atoms with Crippen molar-refractivity contribution in [2.45, 2.75) is 43.1 Å². The molecule has 0 unspecified atom stereocenters. The van der Waals surface area contributed by atoms with Crippen molar-refractivity contribution in [2.75, 3.05) is 37.7 Å². The lowest BCUT2D eigenvalue weighted by Crippen LogP contribution is -2.55. The van der Waals surface area contributed by atoms with Crippen LogP contribution < -0.4 is 4.74 Å². The largest absolute Gasteiger partial charge is 0.491 e. The summed E-state index contributed by atoms with van der Waals surface area (Å²) in [6.07, 6.45) is -0.0320. The first-order valence-corrected chi connectivity index (χ1v) is 13.1. The van der Waals surface area contributed by atoms with Crippen LogP contribution >= 0.6 is 0 Å². The maximum absolute atomic E-state index is 13.3. The van der Waals surface area contributed by atoms with Crippen LogP contribution in [0.15, 0.2) is 29.2 Å². The van der Waals surface area contributed by atoms with Gasteiger partial charge in [-0.1, -0.05) is 0 Å². The van der Waals surface area contributed by atoms with E-state index < -0.39 is 31.0 Å². The third-order valence-electron chi connectivity index (χ3n) is 5.42. The summed E-state index contributed by atoms with van der Waals surface area (Å²) < 4.78 is 56.8. The van der Waals surface area contributed by atoms with Crippen LogP contribution in [0.5, 0.6) is 5.75 Å². The Balaban J connectivity index is 1.83. The highest BCUT2D eigenvalue weighted by Gasteiger charge is 2.48. The van der Waals surface area contributed by atoms with Gasteiger partial charge in [-0.3, -0.25) is 9.69 Å². The topological polar surface area (TPSA) is 101 Å². The summed E-state index contributed by atoms with van der Waals surface area (Å²) in [7, 11) is -7.31. The molecule has 2 heterocycles. The second-order valence-corrected chi connectivity index (χ2v) is 12.2.